The number of amides is 2. The molecule has 0 saturated carbocycles. The monoisotopic (exact) mass is 370 g/mol. The summed E-state index contributed by atoms with van der Waals surface area (Å²) in [4.78, 5) is 18.0. The van der Waals surface area contributed by atoms with E-state index in [1.807, 2.05) is 0 Å². The Bertz CT molecular complexity index is 797. The first kappa shape index (κ1) is 18.5. The summed E-state index contributed by atoms with van der Waals surface area (Å²) in [5.41, 5.74) is 0.0872. The quantitative estimate of drug-likeness (QED) is 0.900. The van der Waals surface area contributed by atoms with Gasteiger partial charge in [0.25, 0.3) is 0 Å². The Kier molecular flexibility index (Phi) is 5.08. The minimum Gasteiger partial charge on any atom is -0.376 e. The van der Waals surface area contributed by atoms with Gasteiger partial charge in [0.1, 0.15) is 5.82 Å². The Morgan fingerprint density at radius 1 is 1.46 bits per heavy atom. The Hall–Kier alpha value is -2.29. The highest BCUT2D eigenvalue weighted by molar-refractivity contribution is 5.77. The topological polar surface area (TPSA) is 59.4 Å². The molecule has 9 heteroatoms. The van der Waals surface area contributed by atoms with Gasteiger partial charge in [-0.15, -0.1) is 0 Å². The van der Waals surface area contributed by atoms with Crippen LogP contribution in [0.2, 0.25) is 0 Å². The Balaban J connectivity index is 1.66. The van der Waals surface area contributed by atoms with Crippen LogP contribution in [0.5, 0.6) is 0 Å². The number of nitrogens with one attached hydrogen (secondary N) is 1. The van der Waals surface area contributed by atoms with Gasteiger partial charge >= 0.3 is 12.2 Å². The normalized spacial score (nSPS) is 17.7. The van der Waals surface area contributed by atoms with Crippen LogP contribution in [0.1, 0.15) is 24.2 Å². The number of fused-ring (bicyclic) bond motifs is 1. The van der Waals surface area contributed by atoms with E-state index in [2.05, 4.69) is 10.3 Å². The van der Waals surface area contributed by atoms with Crippen molar-refractivity contribution in [3.8, 4) is 0 Å². The number of aromatic nitrogens is 2. The third-order valence-electron chi connectivity index (χ3n) is 4.55. The summed E-state index contributed by atoms with van der Waals surface area (Å²) in [5, 5.41) is 2.75. The molecule has 1 aliphatic heterocycles. The summed E-state index contributed by atoms with van der Waals surface area (Å²) in [5.74, 6) is 0.484. The second kappa shape index (κ2) is 7.14. The van der Waals surface area contributed by atoms with Gasteiger partial charge in [-0.3, -0.25) is 0 Å². The van der Waals surface area contributed by atoms with Crippen molar-refractivity contribution >= 4 is 17.1 Å². The number of halogens is 3. The van der Waals surface area contributed by atoms with E-state index in [0.717, 1.165) is 31.6 Å². The van der Waals surface area contributed by atoms with Crippen LogP contribution >= 0.6 is 0 Å². The number of benzene rings is 1. The summed E-state index contributed by atoms with van der Waals surface area (Å²) >= 11 is 0. The van der Waals surface area contributed by atoms with Gasteiger partial charge in [0.15, 0.2) is 0 Å². The summed E-state index contributed by atoms with van der Waals surface area (Å²) < 4.78 is 45.7. The predicted octanol–water partition coefficient (Wildman–Crippen LogP) is 2.91. The van der Waals surface area contributed by atoms with Crippen molar-refractivity contribution in [3.05, 3.63) is 29.6 Å². The van der Waals surface area contributed by atoms with Crippen LogP contribution in [0, 0.1) is 0 Å². The van der Waals surface area contributed by atoms with Gasteiger partial charge in [0, 0.05) is 27.2 Å². The highest BCUT2D eigenvalue weighted by Gasteiger charge is 2.31. The molecule has 0 aliphatic carbocycles. The third-order valence-corrected chi connectivity index (χ3v) is 4.55. The van der Waals surface area contributed by atoms with Gasteiger partial charge in [-0.1, -0.05) is 0 Å². The molecule has 6 nitrogen and oxygen atoms in total. The van der Waals surface area contributed by atoms with E-state index in [0.29, 0.717) is 17.9 Å². The second-order valence-corrected chi connectivity index (χ2v) is 6.46. The molecule has 1 aliphatic rings. The fourth-order valence-corrected chi connectivity index (χ4v) is 3.05. The Labute approximate surface area is 148 Å². The molecule has 3 rings (SSSR count). The van der Waals surface area contributed by atoms with E-state index in [-0.39, 0.29) is 24.2 Å². The summed E-state index contributed by atoms with van der Waals surface area (Å²) in [6.07, 6.45) is -2.42. The van der Waals surface area contributed by atoms with Gasteiger partial charge in [-0.2, -0.15) is 13.2 Å². The van der Waals surface area contributed by atoms with Gasteiger partial charge in [0.05, 0.1) is 29.2 Å². The number of likely N-dealkylation sites (N-methyl/N-ethyl adjacent to an activating group) is 1. The van der Waals surface area contributed by atoms with Crippen molar-refractivity contribution in [2.24, 2.45) is 7.05 Å². The Morgan fingerprint density at radius 2 is 2.23 bits per heavy atom. The van der Waals surface area contributed by atoms with Crippen LogP contribution in [0.4, 0.5) is 18.0 Å². The second-order valence-electron chi connectivity index (χ2n) is 6.46. The molecule has 1 aromatic heterocycles. The van der Waals surface area contributed by atoms with E-state index in [9.17, 15) is 18.0 Å². The lowest BCUT2D eigenvalue weighted by Crippen LogP contribution is -2.41. The molecule has 1 atom stereocenters. The fraction of sp³-hybridized carbons (Fsp3) is 0.529. The molecule has 0 bridgehead atoms. The van der Waals surface area contributed by atoms with E-state index >= 15 is 0 Å². The standard InChI is InChI=1S/C17H21F3N4O2/c1-23(10-12-4-3-7-26-12)16(25)21-9-15-22-13-8-11(17(18,19)20)5-6-14(13)24(15)2/h5-6,8,12H,3-4,7,9-10H2,1-2H3,(H,21,25)/t12-/m1/s1. The molecule has 26 heavy (non-hydrogen) atoms. The zero-order valence-electron chi connectivity index (χ0n) is 14.6. The van der Waals surface area contributed by atoms with Crippen LogP contribution in [0.3, 0.4) is 0 Å². The number of imidazole rings is 1. The molecule has 1 saturated heterocycles. The number of hydrogen-bond donors (Lipinski definition) is 1. The molecule has 0 unspecified atom stereocenters. The molecule has 0 radical (unpaired) electrons. The molecule has 1 aromatic carbocycles. The smallest absolute Gasteiger partial charge is 0.376 e. The number of aryl methyl sites for hydroxylation is 1. The first-order chi connectivity index (χ1) is 12.3. The SMILES string of the molecule is CN(C[C@H]1CCCO1)C(=O)NCc1nc2cc(C(F)(F)F)ccc2n1C. The zero-order chi connectivity index (χ0) is 18.9. The molecule has 1 N–H and O–H groups in total. The lowest BCUT2D eigenvalue weighted by atomic mass is 10.2. The predicted molar refractivity (Wildman–Crippen MR) is 89.6 cm³/mol. The lowest BCUT2D eigenvalue weighted by Gasteiger charge is -2.21. The number of nitrogens with zero attached hydrogens (tertiary/aromatic N) is 3. The summed E-state index contributed by atoms with van der Waals surface area (Å²) in [6.45, 7) is 1.35. The van der Waals surface area contributed by atoms with E-state index in [1.165, 1.54) is 6.07 Å². The van der Waals surface area contributed by atoms with Crippen molar-refractivity contribution in [1.82, 2.24) is 19.8 Å². The average molecular weight is 370 g/mol. The molecule has 1 fully saturated rings. The maximum absolute atomic E-state index is 12.8. The van der Waals surface area contributed by atoms with Gasteiger partial charge in [-0.25, -0.2) is 9.78 Å². The van der Waals surface area contributed by atoms with Crippen LogP contribution in [-0.4, -0.2) is 46.8 Å². The van der Waals surface area contributed by atoms with E-state index < -0.39 is 11.7 Å². The fourth-order valence-electron chi connectivity index (χ4n) is 3.05. The summed E-state index contributed by atoms with van der Waals surface area (Å²) in [7, 11) is 3.39. The first-order valence-electron chi connectivity index (χ1n) is 8.39. The van der Waals surface area contributed by atoms with E-state index in [1.54, 1.807) is 23.6 Å². The largest absolute Gasteiger partial charge is 0.416 e. The molecule has 2 heterocycles. The number of urea groups is 1. The average Bonchev–Trinajstić information content (AvgIpc) is 3.19. The third kappa shape index (κ3) is 3.92. The van der Waals surface area contributed by atoms with Gasteiger partial charge < -0.3 is 19.5 Å². The molecular weight excluding hydrogens is 349 g/mol. The lowest BCUT2D eigenvalue weighted by molar-refractivity contribution is -0.137. The number of carbonyl (C=O) groups is 1. The highest BCUT2D eigenvalue weighted by Crippen LogP contribution is 2.31. The molecule has 142 valence electrons. The van der Waals surface area contributed by atoms with Crippen molar-refractivity contribution in [2.75, 3.05) is 20.2 Å². The summed E-state index contributed by atoms with van der Waals surface area (Å²) in [6, 6.07) is 3.16. The number of rotatable bonds is 4. The van der Waals surface area contributed by atoms with Crippen molar-refractivity contribution in [2.45, 2.75) is 31.7 Å². The van der Waals surface area contributed by atoms with Crippen LogP contribution in [-0.2, 0) is 24.5 Å². The Morgan fingerprint density at radius 3 is 2.88 bits per heavy atom. The zero-order valence-corrected chi connectivity index (χ0v) is 14.6. The highest BCUT2D eigenvalue weighted by atomic mass is 19.4. The van der Waals surface area contributed by atoms with Crippen molar-refractivity contribution in [3.63, 3.8) is 0 Å². The first-order valence-corrected chi connectivity index (χ1v) is 8.39. The number of hydrogen-bond acceptors (Lipinski definition) is 3. The number of carbonyl (C=O) groups excluding carboxylic acids is 1. The molecule has 0 spiro atoms. The maximum atomic E-state index is 12.8. The molecule has 2 amide bonds. The van der Waals surface area contributed by atoms with Crippen LogP contribution < -0.4 is 5.32 Å². The molecule has 2 aromatic rings. The van der Waals surface area contributed by atoms with E-state index in [4.69, 9.17) is 4.74 Å². The van der Waals surface area contributed by atoms with Crippen molar-refractivity contribution in [1.29, 1.82) is 0 Å². The maximum Gasteiger partial charge on any atom is 0.416 e. The van der Waals surface area contributed by atoms with Crippen LogP contribution in [0.25, 0.3) is 11.0 Å². The number of ether oxygens (including phenoxy) is 1. The van der Waals surface area contributed by atoms with Crippen molar-refractivity contribution < 1.29 is 22.7 Å². The number of alkyl halides is 3. The molecular formula is C17H21F3N4O2. The van der Waals surface area contributed by atoms with Gasteiger partial charge in [0.2, 0.25) is 0 Å². The minimum absolute atomic E-state index is 0.0577. The minimum atomic E-state index is -4.41. The van der Waals surface area contributed by atoms with Crippen LogP contribution in [0.15, 0.2) is 18.2 Å². The van der Waals surface area contributed by atoms with Gasteiger partial charge in [-0.05, 0) is 31.0 Å².